The Bertz CT molecular complexity index is 562. The Hall–Kier alpha value is -2.03. The van der Waals surface area contributed by atoms with Gasteiger partial charge in [0.1, 0.15) is 11.6 Å². The number of halogens is 2. The fraction of sp³-hybridized carbons (Fsp3) is 0.0714. The van der Waals surface area contributed by atoms with Gasteiger partial charge in [-0.15, -0.1) is 0 Å². The van der Waals surface area contributed by atoms with Gasteiger partial charge in [0.2, 0.25) is 0 Å². The second-order valence-corrected chi connectivity index (χ2v) is 3.70. The van der Waals surface area contributed by atoms with Gasteiger partial charge in [0.15, 0.2) is 0 Å². The molecule has 0 aliphatic heterocycles. The molecule has 3 heteroatoms. The molecule has 0 saturated carbocycles. The molecule has 1 heterocycles. The quantitative estimate of drug-likeness (QED) is 0.765. The smallest absolute Gasteiger partial charge is 0.130 e. The summed E-state index contributed by atoms with van der Waals surface area (Å²) in [6, 6.07) is 8.91. The van der Waals surface area contributed by atoms with Gasteiger partial charge in [-0.2, -0.15) is 0 Å². The van der Waals surface area contributed by atoms with E-state index in [1.807, 2.05) is 19.1 Å². The van der Waals surface area contributed by atoms with Crippen molar-refractivity contribution in [2.45, 2.75) is 6.92 Å². The molecule has 0 bridgehead atoms. The Kier molecular flexibility index (Phi) is 3.28. The summed E-state index contributed by atoms with van der Waals surface area (Å²) in [5, 5.41) is 0. The summed E-state index contributed by atoms with van der Waals surface area (Å²) in [6.07, 6.45) is 3.17. The molecule has 0 radical (unpaired) electrons. The largest absolute Gasteiger partial charge is 0.254 e. The van der Waals surface area contributed by atoms with Crippen molar-refractivity contribution in [2.24, 2.45) is 0 Å². The molecule has 0 aliphatic carbocycles. The van der Waals surface area contributed by atoms with Crippen LogP contribution >= 0.6 is 0 Å². The van der Waals surface area contributed by atoms with Gasteiger partial charge in [-0.05, 0) is 49.4 Å². The summed E-state index contributed by atoms with van der Waals surface area (Å²) in [5.74, 6) is -0.904. The normalized spacial score (nSPS) is 11.0. The number of hydrogen-bond donors (Lipinski definition) is 0. The van der Waals surface area contributed by atoms with E-state index in [1.54, 1.807) is 12.1 Å². The maximum absolute atomic E-state index is 13.3. The van der Waals surface area contributed by atoms with Crippen molar-refractivity contribution in [1.29, 1.82) is 0 Å². The first-order chi connectivity index (χ1) is 8.15. The standard InChI is InChI=1S/C14H11F2N/c1-10-3-2-4-13(17-10)7-5-11-9-12(15)6-8-14(11)16/h2-9H,1H3. The third-order valence-electron chi connectivity index (χ3n) is 2.30. The van der Waals surface area contributed by atoms with Crippen molar-refractivity contribution >= 4 is 12.2 Å². The second-order valence-electron chi connectivity index (χ2n) is 3.70. The number of rotatable bonds is 2. The lowest BCUT2D eigenvalue weighted by molar-refractivity contribution is 0.598. The van der Waals surface area contributed by atoms with Crippen LogP contribution < -0.4 is 0 Å². The molecule has 1 aromatic heterocycles. The first-order valence-electron chi connectivity index (χ1n) is 5.22. The van der Waals surface area contributed by atoms with E-state index in [-0.39, 0.29) is 5.56 Å². The highest BCUT2D eigenvalue weighted by Crippen LogP contribution is 2.13. The number of pyridine rings is 1. The highest BCUT2D eigenvalue weighted by Gasteiger charge is 2.00. The van der Waals surface area contributed by atoms with Crippen LogP contribution in [0.15, 0.2) is 36.4 Å². The summed E-state index contributed by atoms with van der Waals surface area (Å²) >= 11 is 0. The first-order valence-corrected chi connectivity index (χ1v) is 5.22. The maximum atomic E-state index is 13.3. The van der Waals surface area contributed by atoms with E-state index >= 15 is 0 Å². The number of hydrogen-bond acceptors (Lipinski definition) is 1. The molecule has 0 N–H and O–H groups in total. The van der Waals surface area contributed by atoms with Crippen molar-refractivity contribution in [1.82, 2.24) is 4.98 Å². The van der Waals surface area contributed by atoms with Gasteiger partial charge >= 0.3 is 0 Å². The van der Waals surface area contributed by atoms with Gasteiger partial charge < -0.3 is 0 Å². The fourth-order valence-electron chi connectivity index (χ4n) is 1.47. The summed E-state index contributed by atoms with van der Waals surface area (Å²) in [7, 11) is 0. The lowest BCUT2D eigenvalue weighted by atomic mass is 10.1. The van der Waals surface area contributed by atoms with Gasteiger partial charge in [0.25, 0.3) is 0 Å². The average Bonchev–Trinajstić information content (AvgIpc) is 2.30. The SMILES string of the molecule is Cc1cccc(C=Cc2cc(F)ccc2F)n1. The van der Waals surface area contributed by atoms with Crippen LogP contribution in [0.5, 0.6) is 0 Å². The highest BCUT2D eigenvalue weighted by atomic mass is 19.1. The lowest BCUT2D eigenvalue weighted by Crippen LogP contribution is -1.86. The Morgan fingerprint density at radius 3 is 2.65 bits per heavy atom. The van der Waals surface area contributed by atoms with E-state index in [2.05, 4.69) is 4.98 Å². The highest BCUT2D eigenvalue weighted by molar-refractivity contribution is 5.68. The van der Waals surface area contributed by atoms with Crippen LogP contribution in [0.4, 0.5) is 8.78 Å². The summed E-state index contributed by atoms with van der Waals surface area (Å²) < 4.78 is 26.2. The monoisotopic (exact) mass is 231 g/mol. The molecular weight excluding hydrogens is 220 g/mol. The molecule has 2 aromatic rings. The van der Waals surface area contributed by atoms with Gasteiger partial charge in [-0.3, -0.25) is 4.98 Å². The Balaban J connectivity index is 2.29. The van der Waals surface area contributed by atoms with E-state index in [0.29, 0.717) is 5.69 Å². The molecule has 0 amide bonds. The topological polar surface area (TPSA) is 12.9 Å². The van der Waals surface area contributed by atoms with E-state index in [1.165, 1.54) is 6.08 Å². The Morgan fingerprint density at radius 1 is 1.06 bits per heavy atom. The molecule has 1 nitrogen and oxygen atoms in total. The van der Waals surface area contributed by atoms with Crippen LogP contribution in [0.25, 0.3) is 12.2 Å². The molecule has 86 valence electrons. The average molecular weight is 231 g/mol. The summed E-state index contributed by atoms with van der Waals surface area (Å²) in [5.41, 5.74) is 1.81. The van der Waals surface area contributed by atoms with E-state index < -0.39 is 11.6 Å². The molecule has 0 spiro atoms. The van der Waals surface area contributed by atoms with Crippen molar-refractivity contribution < 1.29 is 8.78 Å². The number of benzene rings is 1. The lowest BCUT2D eigenvalue weighted by Gasteiger charge is -1.98. The van der Waals surface area contributed by atoms with E-state index in [9.17, 15) is 8.78 Å². The molecule has 0 saturated heterocycles. The van der Waals surface area contributed by atoms with E-state index in [4.69, 9.17) is 0 Å². The molecule has 0 unspecified atom stereocenters. The first kappa shape index (κ1) is 11.5. The van der Waals surface area contributed by atoms with Crippen LogP contribution in [0.3, 0.4) is 0 Å². The minimum Gasteiger partial charge on any atom is -0.254 e. The zero-order valence-corrected chi connectivity index (χ0v) is 9.32. The van der Waals surface area contributed by atoms with Crippen LogP contribution in [0.1, 0.15) is 17.0 Å². The minimum absolute atomic E-state index is 0.216. The molecule has 1 aromatic carbocycles. The molecule has 0 fully saturated rings. The predicted molar refractivity (Wildman–Crippen MR) is 64.3 cm³/mol. The molecule has 2 rings (SSSR count). The van der Waals surface area contributed by atoms with Crippen LogP contribution in [0, 0.1) is 18.6 Å². The van der Waals surface area contributed by atoms with Crippen LogP contribution in [0.2, 0.25) is 0 Å². The molecule has 0 aliphatic rings. The molecule has 0 atom stereocenters. The number of aryl methyl sites for hydroxylation is 1. The number of nitrogens with zero attached hydrogens (tertiary/aromatic N) is 1. The third kappa shape index (κ3) is 2.97. The van der Waals surface area contributed by atoms with Crippen molar-refractivity contribution in [3.63, 3.8) is 0 Å². The van der Waals surface area contributed by atoms with Crippen LogP contribution in [-0.2, 0) is 0 Å². The predicted octanol–water partition coefficient (Wildman–Crippen LogP) is 3.84. The number of aromatic nitrogens is 1. The van der Waals surface area contributed by atoms with Gasteiger partial charge in [-0.25, -0.2) is 8.78 Å². The van der Waals surface area contributed by atoms with Crippen molar-refractivity contribution in [3.8, 4) is 0 Å². The zero-order valence-electron chi connectivity index (χ0n) is 9.32. The third-order valence-corrected chi connectivity index (χ3v) is 2.30. The van der Waals surface area contributed by atoms with Gasteiger partial charge in [0.05, 0.1) is 5.69 Å². The Labute approximate surface area is 98.4 Å². The molecule has 17 heavy (non-hydrogen) atoms. The van der Waals surface area contributed by atoms with Gasteiger partial charge in [-0.1, -0.05) is 6.07 Å². The maximum Gasteiger partial charge on any atom is 0.130 e. The Morgan fingerprint density at radius 2 is 1.88 bits per heavy atom. The van der Waals surface area contributed by atoms with Crippen LogP contribution in [-0.4, -0.2) is 4.98 Å². The van der Waals surface area contributed by atoms with Crippen molar-refractivity contribution in [2.75, 3.05) is 0 Å². The minimum atomic E-state index is -0.455. The second kappa shape index (κ2) is 4.87. The van der Waals surface area contributed by atoms with E-state index in [0.717, 1.165) is 23.9 Å². The fourth-order valence-corrected chi connectivity index (χ4v) is 1.47. The van der Waals surface area contributed by atoms with Gasteiger partial charge in [0, 0.05) is 11.3 Å². The molecular formula is C14H11F2N. The zero-order chi connectivity index (χ0) is 12.3. The summed E-state index contributed by atoms with van der Waals surface area (Å²) in [6.45, 7) is 1.88. The summed E-state index contributed by atoms with van der Waals surface area (Å²) in [4.78, 5) is 4.24. The van der Waals surface area contributed by atoms with Crippen molar-refractivity contribution in [3.05, 3.63) is 65.0 Å².